The van der Waals surface area contributed by atoms with Crippen LogP contribution in [-0.4, -0.2) is 67.9 Å². The van der Waals surface area contributed by atoms with Crippen molar-refractivity contribution in [3.63, 3.8) is 0 Å². The molecule has 1 aliphatic rings. The van der Waals surface area contributed by atoms with Crippen LogP contribution in [0.25, 0.3) is 0 Å². The van der Waals surface area contributed by atoms with Gasteiger partial charge in [-0.2, -0.15) is 0 Å². The summed E-state index contributed by atoms with van der Waals surface area (Å²) in [6.45, 7) is 8.04. The van der Waals surface area contributed by atoms with Gasteiger partial charge in [0, 0.05) is 52.4 Å². The van der Waals surface area contributed by atoms with Crippen molar-refractivity contribution in [1.82, 2.24) is 20.3 Å². The van der Waals surface area contributed by atoms with Crippen molar-refractivity contribution in [2.75, 3.05) is 46.9 Å². The van der Waals surface area contributed by atoms with E-state index < -0.39 is 0 Å². The van der Waals surface area contributed by atoms with E-state index in [1.165, 1.54) is 0 Å². The zero-order valence-electron chi connectivity index (χ0n) is 17.6. The minimum Gasteiger partial charge on any atom is -0.493 e. The lowest BCUT2D eigenvalue weighted by molar-refractivity contribution is 0.169. The largest absolute Gasteiger partial charge is 0.493 e. The molecule has 0 aliphatic carbocycles. The molecule has 0 unspecified atom stereocenters. The van der Waals surface area contributed by atoms with E-state index in [4.69, 9.17) is 14.0 Å². The maximum absolute atomic E-state index is 5.73. The fraction of sp³-hybridized carbons (Fsp3) is 0.524. The predicted molar refractivity (Wildman–Crippen MR) is 112 cm³/mol. The lowest BCUT2D eigenvalue weighted by atomic mass is 10.2. The Labute approximate surface area is 172 Å². The van der Waals surface area contributed by atoms with Crippen LogP contribution in [0.1, 0.15) is 24.6 Å². The van der Waals surface area contributed by atoms with E-state index in [1.807, 2.05) is 25.2 Å². The highest BCUT2D eigenvalue weighted by Crippen LogP contribution is 2.28. The molecule has 8 heteroatoms. The molecule has 0 spiro atoms. The van der Waals surface area contributed by atoms with Crippen LogP contribution in [0.5, 0.6) is 11.5 Å². The first-order chi connectivity index (χ1) is 14.2. The molecular formula is C21H31N5O3. The number of piperazine rings is 1. The molecular weight excluding hydrogens is 370 g/mol. The number of benzene rings is 1. The second kappa shape index (κ2) is 10.7. The molecule has 0 amide bonds. The number of nitrogens with zero attached hydrogens (tertiary/aromatic N) is 4. The van der Waals surface area contributed by atoms with Crippen molar-refractivity contribution < 1.29 is 14.0 Å². The number of guanidine groups is 1. The summed E-state index contributed by atoms with van der Waals surface area (Å²) in [5.74, 6) is 2.45. The molecule has 1 saturated heterocycles. The fourth-order valence-electron chi connectivity index (χ4n) is 3.33. The molecule has 1 N–H and O–H groups in total. The summed E-state index contributed by atoms with van der Waals surface area (Å²) in [5.41, 5.74) is 2.10. The summed E-state index contributed by atoms with van der Waals surface area (Å²) in [4.78, 5) is 9.12. The molecule has 2 heterocycles. The lowest BCUT2D eigenvalue weighted by Crippen LogP contribution is -2.52. The van der Waals surface area contributed by atoms with Gasteiger partial charge < -0.3 is 24.2 Å². The van der Waals surface area contributed by atoms with Crippen molar-refractivity contribution in [1.29, 1.82) is 0 Å². The summed E-state index contributed by atoms with van der Waals surface area (Å²) < 4.78 is 16.1. The standard InChI is InChI=1S/C21H31N5O3/c1-4-12-28-19-6-5-17(14-20(19)27-3)15-23-21(22-2)26-10-8-25(9-11-26)16-18-7-13-29-24-18/h5-7,13-14H,4,8-12,15-16H2,1-3H3,(H,22,23). The summed E-state index contributed by atoms with van der Waals surface area (Å²) >= 11 is 0. The first-order valence-electron chi connectivity index (χ1n) is 10.1. The van der Waals surface area contributed by atoms with Crippen molar-refractivity contribution in [3.05, 3.63) is 41.8 Å². The molecule has 3 rings (SSSR count). The van der Waals surface area contributed by atoms with E-state index >= 15 is 0 Å². The van der Waals surface area contributed by atoms with Gasteiger partial charge in [-0.25, -0.2) is 0 Å². The third-order valence-electron chi connectivity index (χ3n) is 4.90. The van der Waals surface area contributed by atoms with Crippen molar-refractivity contribution in [2.45, 2.75) is 26.4 Å². The lowest BCUT2D eigenvalue weighted by Gasteiger charge is -2.36. The molecule has 2 aromatic rings. The van der Waals surface area contributed by atoms with Crippen LogP contribution in [0.2, 0.25) is 0 Å². The Morgan fingerprint density at radius 3 is 2.69 bits per heavy atom. The SMILES string of the molecule is CCCOc1ccc(CNC(=NC)N2CCN(Cc3ccon3)CC2)cc1OC. The smallest absolute Gasteiger partial charge is 0.194 e. The second-order valence-electron chi connectivity index (χ2n) is 6.99. The first kappa shape index (κ1) is 21.0. The van der Waals surface area contributed by atoms with Crippen LogP contribution in [0, 0.1) is 0 Å². The van der Waals surface area contributed by atoms with E-state index in [2.05, 4.69) is 38.3 Å². The van der Waals surface area contributed by atoms with Crippen molar-refractivity contribution >= 4 is 5.96 Å². The van der Waals surface area contributed by atoms with E-state index in [9.17, 15) is 0 Å². The van der Waals surface area contributed by atoms with Crippen molar-refractivity contribution in [2.24, 2.45) is 4.99 Å². The number of hydrogen-bond donors (Lipinski definition) is 1. The monoisotopic (exact) mass is 401 g/mol. The Kier molecular flexibility index (Phi) is 7.75. The van der Waals surface area contributed by atoms with Gasteiger partial charge in [0.2, 0.25) is 0 Å². The number of ether oxygens (including phenoxy) is 2. The van der Waals surface area contributed by atoms with E-state index in [-0.39, 0.29) is 0 Å². The van der Waals surface area contributed by atoms with Crippen molar-refractivity contribution in [3.8, 4) is 11.5 Å². The molecule has 0 radical (unpaired) electrons. The van der Waals surface area contributed by atoms with Gasteiger partial charge in [0.15, 0.2) is 17.5 Å². The van der Waals surface area contributed by atoms with Gasteiger partial charge in [-0.05, 0) is 24.1 Å². The molecule has 158 valence electrons. The molecule has 1 aromatic carbocycles. The highest BCUT2D eigenvalue weighted by molar-refractivity contribution is 5.80. The number of nitrogens with one attached hydrogen (secondary N) is 1. The van der Waals surface area contributed by atoms with Gasteiger partial charge in [0.1, 0.15) is 6.26 Å². The zero-order chi connectivity index (χ0) is 20.5. The summed E-state index contributed by atoms with van der Waals surface area (Å²) in [7, 11) is 3.50. The molecule has 0 bridgehead atoms. The van der Waals surface area contributed by atoms with Gasteiger partial charge in [0.25, 0.3) is 0 Å². The third kappa shape index (κ3) is 5.87. The van der Waals surface area contributed by atoms with Crippen LogP contribution < -0.4 is 14.8 Å². The Balaban J connectivity index is 1.50. The quantitative estimate of drug-likeness (QED) is 0.538. The van der Waals surface area contributed by atoms with Crippen LogP contribution in [0.15, 0.2) is 40.0 Å². The molecule has 0 atom stereocenters. The summed E-state index contributed by atoms with van der Waals surface area (Å²) in [6.07, 6.45) is 2.59. The average Bonchev–Trinajstić information content (AvgIpc) is 3.27. The third-order valence-corrected chi connectivity index (χ3v) is 4.90. The number of methoxy groups -OCH3 is 1. The van der Waals surface area contributed by atoms with E-state index in [0.29, 0.717) is 13.2 Å². The Morgan fingerprint density at radius 1 is 1.21 bits per heavy atom. The van der Waals surface area contributed by atoms with Gasteiger partial charge in [-0.3, -0.25) is 9.89 Å². The first-order valence-corrected chi connectivity index (χ1v) is 10.1. The molecule has 29 heavy (non-hydrogen) atoms. The van der Waals surface area contributed by atoms with Crippen LogP contribution >= 0.6 is 0 Å². The number of rotatable bonds is 8. The van der Waals surface area contributed by atoms with Gasteiger partial charge in [-0.1, -0.05) is 18.1 Å². The maximum Gasteiger partial charge on any atom is 0.194 e. The van der Waals surface area contributed by atoms with Crippen LogP contribution in [0.3, 0.4) is 0 Å². The molecule has 1 aliphatic heterocycles. The van der Waals surface area contributed by atoms with Gasteiger partial charge >= 0.3 is 0 Å². The highest BCUT2D eigenvalue weighted by Gasteiger charge is 2.20. The topological polar surface area (TPSA) is 75.4 Å². The molecule has 1 aromatic heterocycles. The Morgan fingerprint density at radius 2 is 2.03 bits per heavy atom. The maximum atomic E-state index is 5.73. The van der Waals surface area contributed by atoms with Gasteiger partial charge in [-0.15, -0.1) is 0 Å². The zero-order valence-corrected chi connectivity index (χ0v) is 17.6. The van der Waals surface area contributed by atoms with Crippen LogP contribution in [-0.2, 0) is 13.1 Å². The van der Waals surface area contributed by atoms with Crippen LogP contribution in [0.4, 0.5) is 0 Å². The predicted octanol–water partition coefficient (Wildman–Crippen LogP) is 2.37. The number of aromatic nitrogens is 1. The van der Waals surface area contributed by atoms with E-state index in [1.54, 1.807) is 13.4 Å². The Hall–Kier alpha value is -2.74. The fourth-order valence-corrected chi connectivity index (χ4v) is 3.33. The normalized spacial score (nSPS) is 15.4. The average molecular weight is 402 g/mol. The minimum atomic E-state index is 0.677. The minimum absolute atomic E-state index is 0.677. The Bertz CT molecular complexity index is 771. The second-order valence-corrected chi connectivity index (χ2v) is 6.99. The summed E-state index contributed by atoms with van der Waals surface area (Å²) in [5, 5.41) is 7.46. The number of hydrogen-bond acceptors (Lipinski definition) is 6. The molecule has 1 fully saturated rings. The van der Waals surface area contributed by atoms with Gasteiger partial charge in [0.05, 0.1) is 19.4 Å². The number of aliphatic imine (C=N–C) groups is 1. The summed E-state index contributed by atoms with van der Waals surface area (Å²) in [6, 6.07) is 7.96. The molecule has 0 saturated carbocycles. The highest BCUT2D eigenvalue weighted by atomic mass is 16.5. The van der Waals surface area contributed by atoms with E-state index in [0.717, 1.165) is 67.9 Å². The molecule has 8 nitrogen and oxygen atoms in total.